The molecule has 0 amide bonds. The van der Waals surface area contributed by atoms with E-state index < -0.39 is 0 Å². The molecular weight excluding hydrogens is 489 g/mol. The SMILES string of the molecule is Cn1c(=O)c2c(n(C)c1=O)n(C)[c](=[Pt])n2C.NCc1ccccc1. The van der Waals surface area contributed by atoms with Gasteiger partial charge in [0.25, 0.3) is 0 Å². The van der Waals surface area contributed by atoms with E-state index in [1.807, 2.05) is 49.0 Å². The van der Waals surface area contributed by atoms with Crippen LogP contribution in [0.15, 0.2) is 39.9 Å². The Hall–Kier alpha value is -1.98. The van der Waals surface area contributed by atoms with Crippen molar-refractivity contribution in [2.24, 2.45) is 33.9 Å². The van der Waals surface area contributed by atoms with Crippen LogP contribution in [0.1, 0.15) is 5.56 Å². The van der Waals surface area contributed by atoms with E-state index in [1.165, 1.54) is 17.2 Å². The first kappa shape index (κ1) is 18.4. The van der Waals surface area contributed by atoms with Crippen molar-refractivity contribution >= 4 is 11.2 Å². The molecule has 0 spiro atoms. The first-order valence-corrected chi connectivity index (χ1v) is 8.45. The van der Waals surface area contributed by atoms with E-state index >= 15 is 0 Å². The van der Waals surface area contributed by atoms with E-state index in [1.54, 1.807) is 11.6 Å². The molecule has 0 bridgehead atoms. The van der Waals surface area contributed by atoms with Crippen LogP contribution in [-0.4, -0.2) is 18.3 Å². The first-order valence-electron chi connectivity index (χ1n) is 7.32. The molecule has 2 aromatic heterocycles. The van der Waals surface area contributed by atoms with Crippen molar-refractivity contribution in [3.05, 3.63) is 60.5 Å². The van der Waals surface area contributed by atoms with Crippen LogP contribution >= 0.6 is 0 Å². The largest absolute Gasteiger partial charge is 0.326 e. The van der Waals surface area contributed by atoms with Crippen LogP contribution < -0.4 is 17.0 Å². The zero-order chi connectivity index (χ0) is 18.0. The minimum Gasteiger partial charge on any atom is -0.326 e. The summed E-state index contributed by atoms with van der Waals surface area (Å²) in [5.74, 6) is 0. The van der Waals surface area contributed by atoms with Gasteiger partial charge in [0.15, 0.2) is 0 Å². The number of rotatable bonds is 1. The summed E-state index contributed by atoms with van der Waals surface area (Å²) < 4.78 is 7.13. The molecule has 0 fully saturated rings. The quantitative estimate of drug-likeness (QED) is 0.506. The van der Waals surface area contributed by atoms with Gasteiger partial charge < -0.3 is 5.73 Å². The topological polar surface area (TPSA) is 79.9 Å². The van der Waals surface area contributed by atoms with Gasteiger partial charge in [0, 0.05) is 6.54 Å². The molecule has 0 aliphatic heterocycles. The molecule has 0 aliphatic rings. The predicted octanol–water partition coefficient (Wildman–Crippen LogP) is 0.138. The van der Waals surface area contributed by atoms with Gasteiger partial charge in [-0.05, 0) is 5.56 Å². The number of benzene rings is 1. The molecule has 24 heavy (non-hydrogen) atoms. The van der Waals surface area contributed by atoms with E-state index in [4.69, 9.17) is 5.73 Å². The molecule has 0 atom stereocenters. The Bertz CT molecular complexity index is 1040. The molecule has 7 nitrogen and oxygen atoms in total. The Morgan fingerprint density at radius 2 is 1.50 bits per heavy atom. The van der Waals surface area contributed by atoms with Gasteiger partial charge in [0.1, 0.15) is 0 Å². The normalized spacial score (nSPS) is 10.6. The molecule has 0 unspecified atom stereocenters. The zero-order valence-electron chi connectivity index (χ0n) is 14.1. The second kappa shape index (κ2) is 7.28. The summed E-state index contributed by atoms with van der Waals surface area (Å²) in [6.07, 6.45) is 0. The summed E-state index contributed by atoms with van der Waals surface area (Å²) in [5.41, 5.74) is 7.14. The zero-order valence-corrected chi connectivity index (χ0v) is 16.4. The van der Waals surface area contributed by atoms with Gasteiger partial charge in [0.05, 0.1) is 0 Å². The molecule has 0 saturated heterocycles. The Morgan fingerprint density at radius 3 is 2.00 bits per heavy atom. The number of nitrogens with zero attached hydrogens (tertiary/aromatic N) is 4. The first-order chi connectivity index (χ1) is 11.3. The molecule has 132 valence electrons. The molecule has 0 aliphatic carbocycles. The Balaban J connectivity index is 0.000000219. The van der Waals surface area contributed by atoms with Gasteiger partial charge in [-0.3, -0.25) is 0 Å². The maximum Gasteiger partial charge on any atom is 0.0178 e. The van der Waals surface area contributed by atoms with Gasteiger partial charge in [-0.15, -0.1) is 0 Å². The third-order valence-corrected chi connectivity index (χ3v) is 5.38. The van der Waals surface area contributed by atoms with Gasteiger partial charge >= 0.3 is 102 Å². The fourth-order valence-electron chi connectivity index (χ4n) is 2.50. The predicted molar refractivity (Wildman–Crippen MR) is 89.9 cm³/mol. The van der Waals surface area contributed by atoms with Crippen LogP contribution in [0.3, 0.4) is 0 Å². The summed E-state index contributed by atoms with van der Waals surface area (Å²) in [5, 5.41) is 0. The van der Waals surface area contributed by atoms with Crippen molar-refractivity contribution in [2.45, 2.75) is 6.54 Å². The summed E-state index contributed by atoms with van der Waals surface area (Å²) in [6, 6.07) is 9.99. The monoisotopic (exact) mass is 510 g/mol. The molecule has 2 heterocycles. The average molecular weight is 510 g/mol. The van der Waals surface area contributed by atoms with Gasteiger partial charge in [-0.2, -0.15) is 0 Å². The number of aryl methyl sites for hydroxylation is 3. The summed E-state index contributed by atoms with van der Waals surface area (Å²) in [7, 11) is 6.81. The van der Waals surface area contributed by atoms with Gasteiger partial charge in [-0.25, -0.2) is 0 Å². The number of hydrogen-bond donors (Lipinski definition) is 1. The molecular formula is C16H21N5O2Pt. The number of nitrogens with two attached hydrogens (primary N) is 1. The van der Waals surface area contributed by atoms with Crippen molar-refractivity contribution in [2.75, 3.05) is 0 Å². The van der Waals surface area contributed by atoms with Crippen molar-refractivity contribution in [3.63, 3.8) is 0 Å². The summed E-state index contributed by atoms with van der Waals surface area (Å²) in [6.45, 7) is 0.640. The fourth-order valence-corrected chi connectivity index (χ4v) is 2.99. The van der Waals surface area contributed by atoms with Crippen molar-refractivity contribution in [1.82, 2.24) is 18.3 Å². The summed E-state index contributed by atoms with van der Waals surface area (Å²) >= 11 is 2.12. The van der Waals surface area contributed by atoms with Crippen molar-refractivity contribution < 1.29 is 19.4 Å². The van der Waals surface area contributed by atoms with Crippen LogP contribution in [0.2, 0.25) is 0 Å². The minimum absolute atomic E-state index is 0.264. The van der Waals surface area contributed by atoms with Crippen LogP contribution in [0, 0.1) is 3.80 Å². The van der Waals surface area contributed by atoms with E-state index in [0.29, 0.717) is 17.7 Å². The van der Waals surface area contributed by atoms with Crippen LogP contribution in [0.25, 0.3) is 11.2 Å². The van der Waals surface area contributed by atoms with Gasteiger partial charge in [-0.1, -0.05) is 30.3 Å². The van der Waals surface area contributed by atoms with E-state index in [0.717, 1.165) is 8.37 Å². The third-order valence-electron chi connectivity index (χ3n) is 3.85. The maximum absolute atomic E-state index is 12.0. The van der Waals surface area contributed by atoms with Crippen LogP contribution in [0.4, 0.5) is 0 Å². The van der Waals surface area contributed by atoms with E-state index in [9.17, 15) is 9.59 Å². The maximum atomic E-state index is 12.0. The molecule has 1 aromatic carbocycles. The Kier molecular flexibility index (Phi) is 5.57. The number of aromatic nitrogens is 4. The van der Waals surface area contributed by atoms with E-state index in [2.05, 4.69) is 19.4 Å². The smallest absolute Gasteiger partial charge is 0.0178 e. The number of fused-ring (bicyclic) bond motifs is 1. The Labute approximate surface area is 150 Å². The molecule has 0 saturated carbocycles. The van der Waals surface area contributed by atoms with Crippen molar-refractivity contribution in [1.29, 1.82) is 0 Å². The van der Waals surface area contributed by atoms with Crippen LogP contribution in [0.5, 0.6) is 0 Å². The second-order valence-corrected chi connectivity index (χ2v) is 6.44. The molecule has 2 N–H and O–H groups in total. The Morgan fingerprint density at radius 1 is 0.917 bits per heavy atom. The van der Waals surface area contributed by atoms with Gasteiger partial charge in [0.2, 0.25) is 0 Å². The molecule has 3 aromatic rings. The minimum atomic E-state index is -0.310. The number of hydrogen-bond acceptors (Lipinski definition) is 3. The standard InChI is InChI=1S/C9H12N4O2.C7H9N.Pt/c1-10-5-11(2)7-6(10)8(14)13(4)9(15)12(7)3;8-6-7-4-2-1-3-5-7;/h1-4H3;1-5H,6,8H2;. The van der Waals surface area contributed by atoms with Crippen molar-refractivity contribution in [3.8, 4) is 0 Å². The average Bonchev–Trinajstić information content (AvgIpc) is 2.83. The second-order valence-electron chi connectivity index (χ2n) is 5.43. The number of imidazole rings is 1. The fraction of sp³-hybridized carbons (Fsp3) is 0.312. The summed E-state index contributed by atoms with van der Waals surface area (Å²) in [4.78, 5) is 23.8. The molecule has 0 radical (unpaired) electrons. The molecule has 8 heteroatoms. The molecule has 3 rings (SSSR count). The van der Waals surface area contributed by atoms with E-state index in [-0.39, 0.29) is 11.2 Å². The third kappa shape index (κ3) is 3.14. The van der Waals surface area contributed by atoms with Crippen LogP contribution in [-0.2, 0) is 54.1 Å².